The highest BCUT2D eigenvalue weighted by Crippen LogP contribution is 2.15. The number of aldehydes is 2. The van der Waals surface area contributed by atoms with Crippen LogP contribution in [0.2, 0.25) is 0 Å². The summed E-state index contributed by atoms with van der Waals surface area (Å²) in [6, 6.07) is 5.97. The highest BCUT2D eigenvalue weighted by Gasteiger charge is 2.07. The van der Waals surface area contributed by atoms with Gasteiger partial charge in [-0.2, -0.15) is 0 Å². The van der Waals surface area contributed by atoms with Crippen molar-refractivity contribution >= 4 is 12.6 Å². The number of hydrogen-bond donors (Lipinski definition) is 1. The summed E-state index contributed by atoms with van der Waals surface area (Å²) in [5, 5.41) is 8.91. The topological polar surface area (TPSA) is 54.4 Å². The van der Waals surface area contributed by atoms with E-state index >= 15 is 0 Å². The van der Waals surface area contributed by atoms with E-state index in [1.807, 2.05) is 0 Å². The van der Waals surface area contributed by atoms with E-state index in [9.17, 15) is 9.59 Å². The van der Waals surface area contributed by atoms with E-state index in [-0.39, 0.29) is 5.75 Å². The van der Waals surface area contributed by atoms with Gasteiger partial charge in [0.05, 0.1) is 5.92 Å². The zero-order valence-corrected chi connectivity index (χ0v) is 6.31. The van der Waals surface area contributed by atoms with Gasteiger partial charge < -0.3 is 14.7 Å². The Morgan fingerprint density at radius 2 is 1.58 bits per heavy atom. The Kier molecular flexibility index (Phi) is 2.58. The normalized spacial score (nSPS) is 9.75. The minimum absolute atomic E-state index is 0.120. The second-order valence-corrected chi connectivity index (χ2v) is 2.39. The monoisotopic (exact) mass is 164 g/mol. The predicted molar refractivity (Wildman–Crippen MR) is 43.0 cm³/mol. The van der Waals surface area contributed by atoms with E-state index in [0.29, 0.717) is 18.1 Å². The summed E-state index contributed by atoms with van der Waals surface area (Å²) in [6.07, 6.45) is 1.14. The van der Waals surface area contributed by atoms with Gasteiger partial charge in [0, 0.05) is 0 Å². The van der Waals surface area contributed by atoms with Gasteiger partial charge in [0.1, 0.15) is 18.3 Å². The lowest BCUT2D eigenvalue weighted by Crippen LogP contribution is -2.00. The van der Waals surface area contributed by atoms with Crippen molar-refractivity contribution in [2.75, 3.05) is 0 Å². The standard InChI is InChI=1S/C9H8O3/c10-5-8(6-11)7-1-3-9(12)4-2-7/h1-6,8,12H. The van der Waals surface area contributed by atoms with E-state index in [1.54, 1.807) is 12.1 Å². The molecule has 0 saturated heterocycles. The van der Waals surface area contributed by atoms with Gasteiger partial charge >= 0.3 is 0 Å². The number of rotatable bonds is 3. The van der Waals surface area contributed by atoms with Crippen molar-refractivity contribution in [3.63, 3.8) is 0 Å². The fourth-order valence-corrected chi connectivity index (χ4v) is 0.886. The maximum Gasteiger partial charge on any atom is 0.134 e. The minimum Gasteiger partial charge on any atom is -0.508 e. The second-order valence-electron chi connectivity index (χ2n) is 2.39. The molecular weight excluding hydrogens is 156 g/mol. The van der Waals surface area contributed by atoms with Crippen molar-refractivity contribution < 1.29 is 14.7 Å². The molecule has 0 radical (unpaired) electrons. The van der Waals surface area contributed by atoms with Crippen LogP contribution in [-0.4, -0.2) is 17.7 Å². The SMILES string of the molecule is O=CC(C=O)c1ccc(O)cc1. The number of carbonyl (C=O) groups excluding carboxylic acids is 2. The molecule has 0 atom stereocenters. The van der Waals surface area contributed by atoms with Crippen LogP contribution in [0.15, 0.2) is 24.3 Å². The lowest BCUT2D eigenvalue weighted by molar-refractivity contribution is -0.116. The Bertz CT molecular complexity index is 268. The van der Waals surface area contributed by atoms with Crippen LogP contribution in [0.3, 0.4) is 0 Å². The van der Waals surface area contributed by atoms with Crippen LogP contribution in [0.25, 0.3) is 0 Å². The van der Waals surface area contributed by atoms with Gasteiger partial charge in [-0.15, -0.1) is 0 Å². The molecule has 0 unspecified atom stereocenters. The third-order valence-corrected chi connectivity index (χ3v) is 1.57. The van der Waals surface area contributed by atoms with Crippen LogP contribution in [0.5, 0.6) is 5.75 Å². The summed E-state index contributed by atoms with van der Waals surface area (Å²) in [7, 11) is 0. The van der Waals surface area contributed by atoms with Crippen LogP contribution in [-0.2, 0) is 9.59 Å². The minimum atomic E-state index is -0.717. The molecule has 0 saturated carbocycles. The van der Waals surface area contributed by atoms with Crippen molar-refractivity contribution in [1.29, 1.82) is 0 Å². The molecule has 0 heterocycles. The zero-order chi connectivity index (χ0) is 8.97. The van der Waals surface area contributed by atoms with Crippen molar-refractivity contribution in [1.82, 2.24) is 0 Å². The maximum atomic E-state index is 10.3. The molecule has 3 heteroatoms. The third-order valence-electron chi connectivity index (χ3n) is 1.57. The molecule has 0 amide bonds. The van der Waals surface area contributed by atoms with E-state index < -0.39 is 5.92 Å². The van der Waals surface area contributed by atoms with E-state index in [2.05, 4.69) is 0 Å². The van der Waals surface area contributed by atoms with Crippen molar-refractivity contribution in [2.45, 2.75) is 5.92 Å². The number of phenols is 1. The number of phenolic OH excluding ortho intramolecular Hbond substituents is 1. The molecule has 1 aromatic rings. The van der Waals surface area contributed by atoms with Crippen LogP contribution < -0.4 is 0 Å². The molecule has 1 aromatic carbocycles. The lowest BCUT2D eigenvalue weighted by Gasteiger charge is -2.01. The van der Waals surface area contributed by atoms with Crippen molar-refractivity contribution in [2.24, 2.45) is 0 Å². The highest BCUT2D eigenvalue weighted by atomic mass is 16.3. The molecular formula is C9H8O3. The summed E-state index contributed by atoms with van der Waals surface area (Å²) < 4.78 is 0. The zero-order valence-electron chi connectivity index (χ0n) is 6.31. The first kappa shape index (κ1) is 8.46. The Balaban J connectivity index is 2.94. The number of benzene rings is 1. The molecule has 0 bridgehead atoms. The Hall–Kier alpha value is -1.64. The lowest BCUT2D eigenvalue weighted by atomic mass is 10.0. The first-order valence-electron chi connectivity index (χ1n) is 3.47. The van der Waals surface area contributed by atoms with Gasteiger partial charge in [-0.1, -0.05) is 12.1 Å². The molecule has 1 N–H and O–H groups in total. The molecule has 0 aliphatic carbocycles. The van der Waals surface area contributed by atoms with E-state index in [1.165, 1.54) is 12.1 Å². The van der Waals surface area contributed by atoms with Crippen LogP contribution in [0.4, 0.5) is 0 Å². The molecule has 0 aliphatic heterocycles. The highest BCUT2D eigenvalue weighted by molar-refractivity contribution is 5.84. The first-order chi connectivity index (χ1) is 5.77. The summed E-state index contributed by atoms with van der Waals surface area (Å²) in [6.45, 7) is 0. The van der Waals surface area contributed by atoms with E-state index in [0.717, 1.165) is 0 Å². The Labute approximate surface area is 69.6 Å². The van der Waals surface area contributed by atoms with Gasteiger partial charge in [0.2, 0.25) is 0 Å². The molecule has 62 valence electrons. The summed E-state index contributed by atoms with van der Waals surface area (Å²) >= 11 is 0. The smallest absolute Gasteiger partial charge is 0.134 e. The van der Waals surface area contributed by atoms with Crippen LogP contribution >= 0.6 is 0 Å². The number of carbonyl (C=O) groups is 2. The van der Waals surface area contributed by atoms with Gasteiger partial charge in [0.15, 0.2) is 0 Å². The van der Waals surface area contributed by atoms with Crippen LogP contribution in [0.1, 0.15) is 11.5 Å². The molecule has 3 nitrogen and oxygen atoms in total. The average Bonchev–Trinajstić information content (AvgIpc) is 2.10. The van der Waals surface area contributed by atoms with Crippen molar-refractivity contribution in [3.8, 4) is 5.75 Å². The predicted octanol–water partition coefficient (Wildman–Crippen LogP) is 0.874. The quantitative estimate of drug-likeness (QED) is 0.532. The Morgan fingerprint density at radius 1 is 1.08 bits per heavy atom. The molecule has 1 rings (SSSR count). The first-order valence-corrected chi connectivity index (χ1v) is 3.47. The molecule has 0 spiro atoms. The molecule has 0 aromatic heterocycles. The van der Waals surface area contributed by atoms with Gasteiger partial charge in [-0.25, -0.2) is 0 Å². The number of hydrogen-bond acceptors (Lipinski definition) is 3. The van der Waals surface area contributed by atoms with Crippen molar-refractivity contribution in [3.05, 3.63) is 29.8 Å². The number of aromatic hydroxyl groups is 1. The van der Waals surface area contributed by atoms with Crippen LogP contribution in [0, 0.1) is 0 Å². The van der Waals surface area contributed by atoms with E-state index in [4.69, 9.17) is 5.11 Å². The third kappa shape index (κ3) is 1.69. The fraction of sp³-hybridized carbons (Fsp3) is 0.111. The molecule has 12 heavy (non-hydrogen) atoms. The summed E-state index contributed by atoms with van der Waals surface area (Å²) in [5.41, 5.74) is 0.595. The average molecular weight is 164 g/mol. The van der Waals surface area contributed by atoms with Gasteiger partial charge in [-0.3, -0.25) is 0 Å². The largest absolute Gasteiger partial charge is 0.508 e. The van der Waals surface area contributed by atoms with Gasteiger partial charge in [-0.05, 0) is 17.7 Å². The Morgan fingerprint density at radius 3 is 2.00 bits per heavy atom. The molecule has 0 fully saturated rings. The summed E-state index contributed by atoms with van der Waals surface area (Å²) in [4.78, 5) is 20.7. The second kappa shape index (κ2) is 3.67. The fourth-order valence-electron chi connectivity index (χ4n) is 0.886. The van der Waals surface area contributed by atoms with Gasteiger partial charge in [0.25, 0.3) is 0 Å². The molecule has 0 aliphatic rings. The maximum absolute atomic E-state index is 10.3. The summed E-state index contributed by atoms with van der Waals surface area (Å²) in [5.74, 6) is -0.597.